The molecule has 1 aromatic heterocycles. The molecule has 0 saturated heterocycles. The summed E-state index contributed by atoms with van der Waals surface area (Å²) < 4.78 is 15.3. The lowest BCUT2D eigenvalue weighted by atomic mass is 10.1. The average molecular weight is 254 g/mol. The van der Waals surface area contributed by atoms with Crippen LogP contribution >= 0.6 is 11.6 Å². The van der Waals surface area contributed by atoms with Gasteiger partial charge in [0.25, 0.3) is 0 Å². The molecule has 0 aliphatic rings. The number of hydrogen-bond donors (Lipinski definition) is 1. The Bertz CT molecular complexity index is 528. The van der Waals surface area contributed by atoms with E-state index < -0.39 is 5.82 Å². The van der Waals surface area contributed by atoms with Gasteiger partial charge in [0, 0.05) is 0 Å². The van der Waals surface area contributed by atoms with Crippen LogP contribution in [0.3, 0.4) is 0 Å². The van der Waals surface area contributed by atoms with E-state index in [2.05, 4.69) is 5.10 Å². The molecular formula is C12H13ClFN3. The largest absolute Gasteiger partial charge is 0.396 e. The third kappa shape index (κ3) is 2.00. The zero-order valence-electron chi connectivity index (χ0n) is 9.61. The summed E-state index contributed by atoms with van der Waals surface area (Å²) in [5.74, 6) is -0.282. The first-order valence-electron chi connectivity index (χ1n) is 5.30. The van der Waals surface area contributed by atoms with Crippen molar-refractivity contribution >= 4 is 17.3 Å². The summed E-state index contributed by atoms with van der Waals surface area (Å²) in [6.45, 7) is 3.94. The van der Waals surface area contributed by atoms with Crippen molar-refractivity contribution in [1.29, 1.82) is 0 Å². The SMILES string of the molecule is CC(C)c1c(N)cnn1-c1c(F)cccc1Cl. The minimum atomic E-state index is -0.414. The fourth-order valence-corrected chi connectivity index (χ4v) is 2.06. The second-order valence-corrected chi connectivity index (χ2v) is 4.53. The van der Waals surface area contributed by atoms with E-state index in [-0.39, 0.29) is 11.6 Å². The highest BCUT2D eigenvalue weighted by Gasteiger charge is 2.18. The van der Waals surface area contributed by atoms with E-state index in [9.17, 15) is 4.39 Å². The molecule has 2 N–H and O–H groups in total. The molecule has 0 atom stereocenters. The number of nitrogens with two attached hydrogens (primary N) is 1. The van der Waals surface area contributed by atoms with Gasteiger partial charge >= 0.3 is 0 Å². The van der Waals surface area contributed by atoms with E-state index in [0.29, 0.717) is 10.7 Å². The maximum absolute atomic E-state index is 13.8. The maximum Gasteiger partial charge on any atom is 0.150 e. The van der Waals surface area contributed by atoms with Crippen molar-refractivity contribution in [3.8, 4) is 5.69 Å². The molecule has 5 heteroatoms. The monoisotopic (exact) mass is 253 g/mol. The standard InChI is InChI=1S/C12H13ClFN3/c1-7(2)11-10(15)6-16-17(11)12-8(13)4-3-5-9(12)14/h3-7H,15H2,1-2H3. The Morgan fingerprint density at radius 3 is 2.71 bits per heavy atom. The number of anilines is 1. The van der Waals surface area contributed by atoms with E-state index in [0.717, 1.165) is 5.69 Å². The lowest BCUT2D eigenvalue weighted by Crippen LogP contribution is -2.08. The lowest BCUT2D eigenvalue weighted by molar-refractivity contribution is 0.602. The fourth-order valence-electron chi connectivity index (χ4n) is 1.82. The molecule has 0 aliphatic carbocycles. The van der Waals surface area contributed by atoms with Gasteiger partial charge in [0.15, 0.2) is 0 Å². The first kappa shape index (κ1) is 11.9. The van der Waals surface area contributed by atoms with Crippen molar-refractivity contribution in [2.24, 2.45) is 0 Å². The highest BCUT2D eigenvalue weighted by atomic mass is 35.5. The predicted octanol–water partition coefficient (Wildman–Crippen LogP) is 3.37. The van der Waals surface area contributed by atoms with Gasteiger partial charge in [-0.25, -0.2) is 9.07 Å². The molecule has 1 heterocycles. The van der Waals surface area contributed by atoms with E-state index >= 15 is 0 Å². The van der Waals surface area contributed by atoms with Crippen molar-refractivity contribution in [2.45, 2.75) is 19.8 Å². The van der Waals surface area contributed by atoms with E-state index in [1.807, 2.05) is 13.8 Å². The van der Waals surface area contributed by atoms with Crippen LogP contribution in [-0.4, -0.2) is 9.78 Å². The Balaban J connectivity index is 2.69. The van der Waals surface area contributed by atoms with Gasteiger partial charge in [-0.2, -0.15) is 5.10 Å². The zero-order valence-corrected chi connectivity index (χ0v) is 10.4. The normalized spacial score (nSPS) is 11.1. The Morgan fingerprint density at radius 1 is 1.41 bits per heavy atom. The fraction of sp³-hybridized carbons (Fsp3) is 0.250. The first-order chi connectivity index (χ1) is 8.02. The maximum atomic E-state index is 13.8. The first-order valence-corrected chi connectivity index (χ1v) is 5.68. The summed E-state index contributed by atoms with van der Waals surface area (Å²) in [5.41, 5.74) is 7.38. The van der Waals surface area contributed by atoms with Gasteiger partial charge in [0.05, 0.1) is 22.6 Å². The molecule has 0 radical (unpaired) electrons. The Hall–Kier alpha value is -1.55. The number of aromatic nitrogens is 2. The number of para-hydroxylation sites is 1. The molecule has 90 valence electrons. The summed E-state index contributed by atoms with van der Waals surface area (Å²) >= 11 is 6.01. The molecule has 0 amide bonds. The Morgan fingerprint density at radius 2 is 2.12 bits per heavy atom. The quantitative estimate of drug-likeness (QED) is 0.892. The van der Waals surface area contributed by atoms with Crippen molar-refractivity contribution in [1.82, 2.24) is 9.78 Å². The van der Waals surface area contributed by atoms with Crippen LogP contribution in [0.15, 0.2) is 24.4 Å². The molecular weight excluding hydrogens is 241 g/mol. The number of halogens is 2. The van der Waals surface area contributed by atoms with Crippen LogP contribution in [0, 0.1) is 5.82 Å². The van der Waals surface area contributed by atoms with E-state index in [1.165, 1.54) is 16.9 Å². The van der Waals surface area contributed by atoms with Crippen LogP contribution in [0.5, 0.6) is 0 Å². The Labute approximate surface area is 104 Å². The summed E-state index contributed by atoms with van der Waals surface area (Å²) in [6.07, 6.45) is 1.51. The summed E-state index contributed by atoms with van der Waals surface area (Å²) in [7, 11) is 0. The summed E-state index contributed by atoms with van der Waals surface area (Å²) in [4.78, 5) is 0. The average Bonchev–Trinajstić information content (AvgIpc) is 2.60. The molecule has 2 rings (SSSR count). The third-order valence-electron chi connectivity index (χ3n) is 2.53. The molecule has 0 fully saturated rings. The number of nitrogen functional groups attached to an aromatic ring is 1. The van der Waals surface area contributed by atoms with Crippen molar-refractivity contribution in [3.05, 3.63) is 40.9 Å². The van der Waals surface area contributed by atoms with Gasteiger partial charge in [-0.15, -0.1) is 0 Å². The molecule has 0 bridgehead atoms. The number of benzene rings is 1. The Kier molecular flexibility index (Phi) is 3.07. The molecule has 0 aliphatic heterocycles. The highest BCUT2D eigenvalue weighted by molar-refractivity contribution is 6.32. The molecule has 0 unspecified atom stereocenters. The van der Waals surface area contributed by atoms with Crippen molar-refractivity contribution in [2.75, 3.05) is 5.73 Å². The number of nitrogens with zero attached hydrogens (tertiary/aromatic N) is 2. The summed E-state index contributed by atoms with van der Waals surface area (Å²) in [6, 6.07) is 4.54. The molecule has 0 saturated carbocycles. The van der Waals surface area contributed by atoms with Crippen LogP contribution in [-0.2, 0) is 0 Å². The van der Waals surface area contributed by atoms with Crippen molar-refractivity contribution in [3.63, 3.8) is 0 Å². The van der Waals surface area contributed by atoms with Gasteiger partial charge in [-0.3, -0.25) is 0 Å². The van der Waals surface area contributed by atoms with E-state index in [1.54, 1.807) is 12.1 Å². The molecule has 1 aromatic carbocycles. The minimum absolute atomic E-state index is 0.133. The second-order valence-electron chi connectivity index (χ2n) is 4.12. The topological polar surface area (TPSA) is 43.8 Å². The second kappa shape index (κ2) is 4.37. The smallest absolute Gasteiger partial charge is 0.150 e. The molecule has 17 heavy (non-hydrogen) atoms. The van der Waals surface area contributed by atoms with Crippen LogP contribution in [0.2, 0.25) is 5.02 Å². The van der Waals surface area contributed by atoms with Gasteiger partial charge < -0.3 is 5.73 Å². The number of rotatable bonds is 2. The van der Waals surface area contributed by atoms with Gasteiger partial charge in [-0.1, -0.05) is 31.5 Å². The van der Waals surface area contributed by atoms with Crippen LogP contribution in [0.4, 0.5) is 10.1 Å². The summed E-state index contributed by atoms with van der Waals surface area (Å²) in [5, 5.41) is 4.41. The molecule has 2 aromatic rings. The number of hydrogen-bond acceptors (Lipinski definition) is 2. The van der Waals surface area contributed by atoms with Crippen molar-refractivity contribution < 1.29 is 4.39 Å². The van der Waals surface area contributed by atoms with E-state index in [4.69, 9.17) is 17.3 Å². The van der Waals surface area contributed by atoms with Crippen LogP contribution in [0.1, 0.15) is 25.5 Å². The van der Waals surface area contributed by atoms with Crippen LogP contribution in [0.25, 0.3) is 5.69 Å². The molecule has 0 spiro atoms. The highest BCUT2D eigenvalue weighted by Crippen LogP contribution is 2.29. The predicted molar refractivity (Wildman–Crippen MR) is 67.0 cm³/mol. The van der Waals surface area contributed by atoms with Crippen LogP contribution < -0.4 is 5.73 Å². The third-order valence-corrected chi connectivity index (χ3v) is 2.84. The molecule has 3 nitrogen and oxygen atoms in total. The van der Waals surface area contributed by atoms with Gasteiger partial charge in [-0.05, 0) is 18.1 Å². The van der Waals surface area contributed by atoms with Gasteiger partial charge in [0.1, 0.15) is 11.5 Å². The van der Waals surface area contributed by atoms with Gasteiger partial charge in [0.2, 0.25) is 0 Å². The minimum Gasteiger partial charge on any atom is -0.396 e. The lowest BCUT2D eigenvalue weighted by Gasteiger charge is -2.13. The zero-order chi connectivity index (χ0) is 12.6.